The Hall–Kier alpha value is -3.87. The highest BCUT2D eigenvalue weighted by Gasteiger charge is 2.10. The van der Waals surface area contributed by atoms with E-state index in [0.717, 1.165) is 32.6 Å². The summed E-state index contributed by atoms with van der Waals surface area (Å²) in [5.74, 6) is -0.563. The van der Waals surface area contributed by atoms with E-state index in [1.54, 1.807) is 30.3 Å². The fourth-order valence-electron chi connectivity index (χ4n) is 3.55. The topological polar surface area (TPSA) is 77.2 Å². The van der Waals surface area contributed by atoms with Crippen LogP contribution in [0.1, 0.15) is 22.3 Å². The van der Waals surface area contributed by atoms with Gasteiger partial charge in [0, 0.05) is 5.56 Å². The van der Waals surface area contributed by atoms with Crippen LogP contribution in [0.25, 0.3) is 11.1 Å². The minimum absolute atomic E-state index is 0.0795. The predicted molar refractivity (Wildman–Crippen MR) is 115 cm³/mol. The summed E-state index contributed by atoms with van der Waals surface area (Å²) in [5.41, 5.74) is 4.91. The van der Waals surface area contributed by atoms with Crippen LogP contribution in [0.3, 0.4) is 0 Å². The molecule has 158 valence electrons. The first-order chi connectivity index (χ1) is 14.9. The van der Waals surface area contributed by atoms with E-state index >= 15 is 0 Å². The molecule has 1 aromatic heterocycles. The van der Waals surface area contributed by atoms with Gasteiger partial charge in [-0.25, -0.2) is 19.0 Å². The third kappa shape index (κ3) is 4.50. The Kier molecular flexibility index (Phi) is 5.58. The molecule has 4 aromatic rings. The van der Waals surface area contributed by atoms with Gasteiger partial charge in [0.2, 0.25) is 0 Å². The van der Waals surface area contributed by atoms with Gasteiger partial charge in [0.15, 0.2) is 0 Å². The van der Waals surface area contributed by atoms with Crippen molar-refractivity contribution in [3.05, 3.63) is 110 Å². The van der Waals surface area contributed by atoms with Crippen LogP contribution >= 0.6 is 0 Å². The average Bonchev–Trinajstić information content (AvgIpc) is 3.05. The minimum atomic E-state index is -0.796. The third-order valence-corrected chi connectivity index (χ3v) is 5.09. The number of rotatable bonds is 6. The van der Waals surface area contributed by atoms with Crippen LogP contribution in [-0.2, 0) is 13.2 Å². The summed E-state index contributed by atoms with van der Waals surface area (Å²) in [4.78, 5) is 24.6. The van der Waals surface area contributed by atoms with Gasteiger partial charge in [-0.1, -0.05) is 36.4 Å². The van der Waals surface area contributed by atoms with Gasteiger partial charge in [-0.3, -0.25) is 0 Å². The highest BCUT2D eigenvalue weighted by Crippen LogP contribution is 2.29. The second-order valence-electron chi connectivity index (χ2n) is 7.35. The maximum absolute atomic E-state index is 14.4. The molecule has 0 unspecified atom stereocenters. The van der Waals surface area contributed by atoms with Gasteiger partial charge in [-0.05, 0) is 65.9 Å². The second-order valence-corrected chi connectivity index (χ2v) is 7.35. The smallest absolute Gasteiger partial charge is 0.440 e. The zero-order valence-electron chi connectivity index (χ0n) is 17.1. The largest absolute Gasteiger partial charge is 0.489 e. The van der Waals surface area contributed by atoms with Gasteiger partial charge >= 0.3 is 11.4 Å². The number of nitrogens with zero attached hydrogens (tertiary/aromatic N) is 1. The molecule has 1 N–H and O–H groups in total. The lowest BCUT2D eigenvalue weighted by atomic mass is 9.94. The van der Waals surface area contributed by atoms with Crippen molar-refractivity contribution in [3.63, 3.8) is 0 Å². The first kappa shape index (κ1) is 20.4. The van der Waals surface area contributed by atoms with Crippen LogP contribution in [-0.4, -0.2) is 9.72 Å². The molecule has 31 heavy (non-hydrogen) atoms. The zero-order chi connectivity index (χ0) is 22.0. The number of hydrogen-bond acceptors (Lipinski definition) is 4. The van der Waals surface area contributed by atoms with Crippen molar-refractivity contribution >= 4 is 0 Å². The third-order valence-electron chi connectivity index (χ3n) is 5.09. The Morgan fingerprint density at radius 2 is 1.71 bits per heavy atom. The maximum Gasteiger partial charge on any atom is 0.440 e. The van der Waals surface area contributed by atoms with Crippen LogP contribution in [0.15, 0.2) is 74.8 Å². The maximum atomic E-state index is 14.4. The van der Waals surface area contributed by atoms with Crippen molar-refractivity contribution in [2.45, 2.75) is 27.0 Å². The van der Waals surface area contributed by atoms with Crippen LogP contribution in [0.4, 0.5) is 4.39 Å². The van der Waals surface area contributed by atoms with Crippen LogP contribution in [0, 0.1) is 19.7 Å². The molecule has 1 heterocycles. The van der Waals surface area contributed by atoms with Crippen LogP contribution < -0.4 is 16.2 Å². The Labute approximate surface area is 177 Å². The highest BCUT2D eigenvalue weighted by molar-refractivity contribution is 5.71. The fourth-order valence-corrected chi connectivity index (χ4v) is 3.55. The molecule has 0 bridgehead atoms. The van der Waals surface area contributed by atoms with E-state index in [-0.39, 0.29) is 19.0 Å². The first-order valence-electron chi connectivity index (χ1n) is 9.78. The summed E-state index contributed by atoms with van der Waals surface area (Å²) in [6.07, 6.45) is 0. The molecule has 0 fully saturated rings. The highest BCUT2D eigenvalue weighted by atomic mass is 19.1. The zero-order valence-corrected chi connectivity index (χ0v) is 17.1. The van der Waals surface area contributed by atoms with Gasteiger partial charge in [0.05, 0.1) is 6.54 Å². The summed E-state index contributed by atoms with van der Waals surface area (Å²) in [5, 5.41) is 0. The molecule has 0 saturated heterocycles. The molecule has 3 aromatic carbocycles. The minimum Gasteiger partial charge on any atom is -0.489 e. The average molecular weight is 420 g/mol. The van der Waals surface area contributed by atoms with Crippen molar-refractivity contribution in [1.29, 1.82) is 0 Å². The molecule has 0 spiro atoms. The van der Waals surface area contributed by atoms with Crippen molar-refractivity contribution in [1.82, 2.24) is 9.72 Å². The molecule has 0 aliphatic rings. The number of halogens is 1. The normalized spacial score (nSPS) is 10.9. The fraction of sp³-hybridized carbons (Fsp3) is 0.167. The van der Waals surface area contributed by atoms with E-state index in [4.69, 9.17) is 9.26 Å². The Balaban J connectivity index is 1.48. The molecule has 7 heteroatoms. The van der Waals surface area contributed by atoms with E-state index in [1.165, 1.54) is 6.07 Å². The van der Waals surface area contributed by atoms with Crippen LogP contribution in [0.5, 0.6) is 5.75 Å². The Bertz CT molecular complexity index is 1310. The summed E-state index contributed by atoms with van der Waals surface area (Å²) >= 11 is 0. The Morgan fingerprint density at radius 3 is 2.35 bits per heavy atom. The number of benzene rings is 3. The SMILES string of the molecule is Cc1cccc(C)c1-c1ccc(F)c(COc2ccc(Cn3oc(=O)[nH]c3=O)cc2)c1. The van der Waals surface area contributed by atoms with Gasteiger partial charge in [-0.15, -0.1) is 4.74 Å². The molecule has 4 rings (SSSR count). The lowest BCUT2D eigenvalue weighted by Crippen LogP contribution is -2.17. The first-order valence-corrected chi connectivity index (χ1v) is 9.78. The molecule has 0 aliphatic carbocycles. The second kappa shape index (κ2) is 8.47. The standard InChI is InChI=1S/C24H21FN2O4/c1-15-4-3-5-16(2)22(15)18-8-11-21(25)19(12-18)14-30-20-9-6-17(7-10-20)13-27-23(28)26-24(29)31-27/h3-12H,13-14H2,1-2H3,(H,26,28,29). The van der Waals surface area contributed by atoms with Gasteiger partial charge in [0.1, 0.15) is 18.2 Å². The molecule has 0 saturated carbocycles. The van der Waals surface area contributed by atoms with Gasteiger partial charge < -0.3 is 9.26 Å². The summed E-state index contributed by atoms with van der Waals surface area (Å²) in [6, 6.07) is 18.1. The lowest BCUT2D eigenvalue weighted by Gasteiger charge is -2.13. The number of aromatic amines is 1. The monoisotopic (exact) mass is 420 g/mol. The number of nitrogens with one attached hydrogen (secondary N) is 1. The van der Waals surface area contributed by atoms with E-state index in [9.17, 15) is 14.0 Å². The molecule has 0 atom stereocenters. The molecule has 6 nitrogen and oxygen atoms in total. The Morgan fingerprint density at radius 1 is 1.00 bits per heavy atom. The number of H-pyrrole nitrogens is 1. The van der Waals surface area contributed by atoms with E-state index < -0.39 is 11.4 Å². The molecule has 0 radical (unpaired) electrons. The predicted octanol–water partition coefficient (Wildman–Crippen LogP) is 4.18. The van der Waals surface area contributed by atoms with Crippen molar-refractivity contribution < 1.29 is 13.7 Å². The number of hydrogen-bond donors (Lipinski definition) is 1. The summed E-state index contributed by atoms with van der Waals surface area (Å²) in [7, 11) is 0. The number of aromatic nitrogens is 2. The van der Waals surface area contributed by atoms with E-state index in [0.29, 0.717) is 11.3 Å². The number of ether oxygens (including phenoxy) is 1. The van der Waals surface area contributed by atoms with Crippen LogP contribution in [0.2, 0.25) is 0 Å². The lowest BCUT2D eigenvalue weighted by molar-refractivity contribution is 0.258. The summed E-state index contributed by atoms with van der Waals surface area (Å²) < 4.78 is 25.8. The molecule has 0 aliphatic heterocycles. The van der Waals surface area contributed by atoms with Gasteiger partial charge in [0.25, 0.3) is 0 Å². The number of aryl methyl sites for hydroxylation is 2. The van der Waals surface area contributed by atoms with Crippen molar-refractivity contribution in [2.75, 3.05) is 0 Å². The molecular formula is C24H21FN2O4. The van der Waals surface area contributed by atoms with E-state index in [2.05, 4.69) is 0 Å². The van der Waals surface area contributed by atoms with Crippen molar-refractivity contribution in [3.8, 4) is 16.9 Å². The van der Waals surface area contributed by atoms with Crippen molar-refractivity contribution in [2.24, 2.45) is 0 Å². The van der Waals surface area contributed by atoms with E-state index in [1.807, 2.05) is 43.1 Å². The molecule has 0 amide bonds. The summed E-state index contributed by atoms with van der Waals surface area (Å²) in [6.45, 7) is 4.27. The quantitative estimate of drug-likeness (QED) is 0.508. The van der Waals surface area contributed by atoms with Gasteiger partial charge in [-0.2, -0.15) is 0 Å². The molecular weight excluding hydrogens is 399 g/mol.